The molecule has 2 nitrogen and oxygen atoms in total. The molecular formula is C14H22FNO. The van der Waals surface area contributed by atoms with Crippen LogP contribution in [0.3, 0.4) is 0 Å². The quantitative estimate of drug-likeness (QED) is 0.701. The summed E-state index contributed by atoms with van der Waals surface area (Å²) in [5.74, 6) is 0.140. The van der Waals surface area contributed by atoms with Gasteiger partial charge >= 0.3 is 0 Å². The lowest BCUT2D eigenvalue weighted by Gasteiger charge is -2.12. The molecule has 0 saturated heterocycles. The molecule has 1 aromatic carbocycles. The zero-order valence-corrected chi connectivity index (χ0v) is 10.8. The largest absolute Gasteiger partial charge is 0.490 e. The van der Waals surface area contributed by atoms with Crippen molar-refractivity contribution in [2.45, 2.75) is 39.7 Å². The highest BCUT2D eigenvalue weighted by molar-refractivity contribution is 5.34. The molecule has 1 rings (SSSR count). The van der Waals surface area contributed by atoms with Gasteiger partial charge in [-0.3, -0.25) is 0 Å². The van der Waals surface area contributed by atoms with Gasteiger partial charge in [-0.05, 0) is 25.5 Å². The van der Waals surface area contributed by atoms with Gasteiger partial charge in [-0.15, -0.1) is 0 Å². The first kappa shape index (κ1) is 14.0. The van der Waals surface area contributed by atoms with E-state index < -0.39 is 0 Å². The highest BCUT2D eigenvalue weighted by Crippen LogP contribution is 2.22. The number of hydrogen-bond donors (Lipinski definition) is 1. The van der Waals surface area contributed by atoms with Crippen LogP contribution in [0.5, 0.6) is 5.75 Å². The van der Waals surface area contributed by atoms with Crippen LogP contribution in [0.25, 0.3) is 0 Å². The molecule has 1 N–H and O–H groups in total. The lowest BCUT2D eigenvalue weighted by atomic mass is 10.2. The highest BCUT2D eigenvalue weighted by atomic mass is 19.1. The van der Waals surface area contributed by atoms with E-state index in [1.165, 1.54) is 6.07 Å². The molecule has 96 valence electrons. The molecule has 0 unspecified atom stereocenters. The van der Waals surface area contributed by atoms with Gasteiger partial charge in [0.1, 0.15) is 0 Å². The number of rotatable bonds is 8. The first-order valence-electron chi connectivity index (χ1n) is 6.40. The van der Waals surface area contributed by atoms with Gasteiger partial charge in [0.15, 0.2) is 11.6 Å². The normalized spacial score (nSPS) is 10.5. The lowest BCUT2D eigenvalue weighted by molar-refractivity contribution is 0.290. The van der Waals surface area contributed by atoms with Crippen molar-refractivity contribution in [3.63, 3.8) is 0 Å². The molecule has 1 aromatic rings. The Kier molecular flexibility index (Phi) is 6.63. The van der Waals surface area contributed by atoms with Gasteiger partial charge < -0.3 is 10.1 Å². The smallest absolute Gasteiger partial charge is 0.165 e. The number of halogens is 1. The lowest BCUT2D eigenvalue weighted by Crippen LogP contribution is -2.15. The summed E-state index contributed by atoms with van der Waals surface area (Å²) in [5.41, 5.74) is 0.898. The van der Waals surface area contributed by atoms with Gasteiger partial charge in [0, 0.05) is 12.1 Å². The summed E-state index contributed by atoms with van der Waals surface area (Å²) in [5, 5.41) is 3.26. The van der Waals surface area contributed by atoms with Gasteiger partial charge in [0.05, 0.1) is 6.61 Å². The van der Waals surface area contributed by atoms with Gasteiger partial charge in [-0.25, -0.2) is 4.39 Å². The third-order valence-electron chi connectivity index (χ3n) is 2.54. The van der Waals surface area contributed by atoms with Crippen LogP contribution in [0.15, 0.2) is 18.2 Å². The number of ether oxygens (including phenoxy) is 1. The Bertz CT molecular complexity index is 328. The van der Waals surface area contributed by atoms with Crippen LogP contribution in [0.4, 0.5) is 4.39 Å². The zero-order chi connectivity index (χ0) is 12.5. The Hall–Kier alpha value is -1.09. The predicted molar refractivity (Wildman–Crippen MR) is 68.8 cm³/mol. The maximum absolute atomic E-state index is 13.6. The zero-order valence-electron chi connectivity index (χ0n) is 10.8. The van der Waals surface area contributed by atoms with Crippen molar-refractivity contribution in [2.75, 3.05) is 13.2 Å². The fraction of sp³-hybridized carbons (Fsp3) is 0.571. The van der Waals surface area contributed by atoms with Crippen molar-refractivity contribution in [3.05, 3.63) is 29.6 Å². The molecule has 0 aliphatic heterocycles. The van der Waals surface area contributed by atoms with Crippen LogP contribution < -0.4 is 10.1 Å². The van der Waals surface area contributed by atoms with Crippen molar-refractivity contribution in [1.82, 2.24) is 5.32 Å². The number of benzene rings is 1. The SMILES string of the molecule is CCCCOc1c(F)cccc1CNCCC. The van der Waals surface area contributed by atoms with Gasteiger partial charge in [-0.1, -0.05) is 32.4 Å². The van der Waals surface area contributed by atoms with Crippen molar-refractivity contribution in [3.8, 4) is 5.75 Å². The monoisotopic (exact) mass is 239 g/mol. The van der Waals surface area contributed by atoms with E-state index in [1.807, 2.05) is 6.07 Å². The minimum absolute atomic E-state index is 0.267. The maximum Gasteiger partial charge on any atom is 0.165 e. The molecule has 0 heterocycles. The molecular weight excluding hydrogens is 217 g/mol. The summed E-state index contributed by atoms with van der Waals surface area (Å²) in [6.45, 7) is 6.38. The Morgan fingerprint density at radius 1 is 1.24 bits per heavy atom. The average molecular weight is 239 g/mol. The van der Waals surface area contributed by atoms with Crippen molar-refractivity contribution in [1.29, 1.82) is 0 Å². The molecule has 0 fully saturated rings. The van der Waals surface area contributed by atoms with E-state index >= 15 is 0 Å². The van der Waals surface area contributed by atoms with Gasteiger partial charge in [-0.2, -0.15) is 0 Å². The highest BCUT2D eigenvalue weighted by Gasteiger charge is 2.08. The van der Waals surface area contributed by atoms with Crippen LogP contribution in [0.2, 0.25) is 0 Å². The second-order valence-electron chi connectivity index (χ2n) is 4.11. The van der Waals surface area contributed by atoms with E-state index in [2.05, 4.69) is 19.2 Å². The van der Waals surface area contributed by atoms with E-state index in [4.69, 9.17) is 4.74 Å². The minimum Gasteiger partial charge on any atom is -0.490 e. The molecule has 0 bridgehead atoms. The fourth-order valence-corrected chi connectivity index (χ4v) is 1.57. The van der Waals surface area contributed by atoms with Crippen LogP contribution in [0, 0.1) is 5.82 Å². The summed E-state index contributed by atoms with van der Waals surface area (Å²) in [6.07, 6.45) is 3.08. The second-order valence-corrected chi connectivity index (χ2v) is 4.11. The minimum atomic E-state index is -0.267. The molecule has 0 aliphatic carbocycles. The number of unbranched alkanes of at least 4 members (excludes halogenated alkanes) is 1. The van der Waals surface area contributed by atoms with Gasteiger partial charge in [0.25, 0.3) is 0 Å². The van der Waals surface area contributed by atoms with Crippen LogP contribution in [0.1, 0.15) is 38.7 Å². The number of nitrogens with one attached hydrogen (secondary N) is 1. The Labute approximate surface area is 103 Å². The van der Waals surface area contributed by atoms with Crippen molar-refractivity contribution >= 4 is 0 Å². The van der Waals surface area contributed by atoms with E-state index in [0.717, 1.165) is 31.4 Å². The third kappa shape index (κ3) is 4.73. The first-order valence-corrected chi connectivity index (χ1v) is 6.40. The second kappa shape index (κ2) is 8.07. The third-order valence-corrected chi connectivity index (χ3v) is 2.54. The molecule has 0 aliphatic rings. The van der Waals surface area contributed by atoms with E-state index in [-0.39, 0.29) is 5.82 Å². The molecule has 0 atom stereocenters. The molecule has 3 heteroatoms. The topological polar surface area (TPSA) is 21.3 Å². The predicted octanol–water partition coefficient (Wildman–Crippen LogP) is 3.50. The fourth-order valence-electron chi connectivity index (χ4n) is 1.57. The average Bonchev–Trinajstić information content (AvgIpc) is 2.33. The molecule has 0 amide bonds. The van der Waals surface area contributed by atoms with E-state index in [9.17, 15) is 4.39 Å². The molecule has 0 spiro atoms. The Morgan fingerprint density at radius 2 is 2.06 bits per heavy atom. The summed E-state index contributed by atoms with van der Waals surface area (Å²) in [6, 6.07) is 5.09. The van der Waals surface area contributed by atoms with Crippen LogP contribution >= 0.6 is 0 Å². The summed E-state index contributed by atoms with van der Waals surface area (Å²) < 4.78 is 19.2. The van der Waals surface area contributed by atoms with E-state index in [0.29, 0.717) is 18.9 Å². The summed E-state index contributed by atoms with van der Waals surface area (Å²) in [7, 11) is 0. The van der Waals surface area contributed by atoms with Crippen molar-refractivity contribution < 1.29 is 9.13 Å². The van der Waals surface area contributed by atoms with Crippen LogP contribution in [-0.2, 0) is 6.54 Å². The molecule has 0 saturated carbocycles. The summed E-state index contributed by atoms with van der Waals surface area (Å²) in [4.78, 5) is 0. The number of para-hydroxylation sites is 1. The Morgan fingerprint density at radius 3 is 2.76 bits per heavy atom. The van der Waals surface area contributed by atoms with Crippen molar-refractivity contribution in [2.24, 2.45) is 0 Å². The molecule has 0 radical (unpaired) electrons. The first-order chi connectivity index (χ1) is 8.29. The Balaban J connectivity index is 2.63. The van der Waals surface area contributed by atoms with E-state index in [1.54, 1.807) is 6.07 Å². The molecule has 0 aromatic heterocycles. The summed E-state index contributed by atoms with van der Waals surface area (Å²) >= 11 is 0. The standard InChI is InChI=1S/C14H22FNO/c1-3-5-10-17-14-12(11-16-9-4-2)7-6-8-13(14)15/h6-8,16H,3-5,9-11H2,1-2H3. The van der Waals surface area contributed by atoms with Gasteiger partial charge in [0.2, 0.25) is 0 Å². The number of hydrogen-bond acceptors (Lipinski definition) is 2. The van der Waals surface area contributed by atoms with Crippen LogP contribution in [-0.4, -0.2) is 13.2 Å². The molecule has 17 heavy (non-hydrogen) atoms. The maximum atomic E-state index is 13.6.